The van der Waals surface area contributed by atoms with Gasteiger partial charge in [-0.15, -0.1) is 5.10 Å². The van der Waals surface area contributed by atoms with E-state index in [1.54, 1.807) is 4.68 Å². The minimum atomic E-state index is 0.337. The molecule has 2 N–H and O–H groups in total. The van der Waals surface area contributed by atoms with E-state index in [0.29, 0.717) is 11.6 Å². The molecule has 21 heavy (non-hydrogen) atoms. The summed E-state index contributed by atoms with van der Waals surface area (Å²) in [6.07, 6.45) is 0. The number of hydrogen-bond donors (Lipinski definition) is 1. The maximum absolute atomic E-state index is 6.12. The van der Waals surface area contributed by atoms with E-state index in [1.807, 2.05) is 55.5 Å². The Labute approximate surface area is 128 Å². The highest BCUT2D eigenvalue weighted by Crippen LogP contribution is 2.27. The van der Waals surface area contributed by atoms with Crippen LogP contribution in [-0.4, -0.2) is 15.0 Å². The average Bonchev–Trinajstić information content (AvgIpc) is 2.94. The third kappa shape index (κ3) is 2.55. The van der Waals surface area contributed by atoms with E-state index in [2.05, 4.69) is 10.3 Å². The van der Waals surface area contributed by atoms with Gasteiger partial charge >= 0.3 is 0 Å². The number of aryl methyl sites for hydroxylation is 1. The lowest BCUT2D eigenvalue weighted by Crippen LogP contribution is -2.04. The number of halogens is 1. The molecule has 0 spiro atoms. The molecule has 3 aromatic rings. The third-order valence-electron chi connectivity index (χ3n) is 3.38. The molecule has 0 radical (unpaired) electrons. The molecule has 106 valence electrons. The first-order valence-corrected chi connectivity index (χ1v) is 7.05. The summed E-state index contributed by atoms with van der Waals surface area (Å²) in [5.74, 6) is 0. The van der Waals surface area contributed by atoms with Crippen LogP contribution in [0.15, 0.2) is 48.5 Å². The summed E-state index contributed by atoms with van der Waals surface area (Å²) in [7, 11) is 0. The summed E-state index contributed by atoms with van der Waals surface area (Å²) in [6.45, 7) is 2.36. The zero-order valence-corrected chi connectivity index (χ0v) is 12.4. The first-order chi connectivity index (χ1) is 10.2. The summed E-state index contributed by atoms with van der Waals surface area (Å²) in [5, 5.41) is 9.13. The van der Waals surface area contributed by atoms with Crippen molar-refractivity contribution in [2.75, 3.05) is 0 Å². The Morgan fingerprint density at radius 3 is 2.62 bits per heavy atom. The largest absolute Gasteiger partial charge is 0.325 e. The second-order valence-electron chi connectivity index (χ2n) is 4.80. The summed E-state index contributed by atoms with van der Waals surface area (Å²) in [5.41, 5.74) is 10.5. The first kappa shape index (κ1) is 13.8. The summed E-state index contributed by atoms with van der Waals surface area (Å²) in [4.78, 5) is 0. The van der Waals surface area contributed by atoms with Crippen molar-refractivity contribution in [2.24, 2.45) is 5.73 Å². The van der Waals surface area contributed by atoms with E-state index >= 15 is 0 Å². The Bertz CT molecular complexity index is 765. The first-order valence-electron chi connectivity index (χ1n) is 6.67. The molecule has 0 aliphatic rings. The van der Waals surface area contributed by atoms with Gasteiger partial charge in [0.25, 0.3) is 0 Å². The van der Waals surface area contributed by atoms with Gasteiger partial charge in [0.2, 0.25) is 0 Å². The number of nitrogens with zero attached hydrogens (tertiary/aromatic N) is 3. The van der Waals surface area contributed by atoms with Gasteiger partial charge in [-0.2, -0.15) is 0 Å². The predicted molar refractivity (Wildman–Crippen MR) is 84.4 cm³/mol. The minimum absolute atomic E-state index is 0.337. The smallest absolute Gasteiger partial charge is 0.105 e. The van der Waals surface area contributed by atoms with Gasteiger partial charge in [-0.25, -0.2) is 4.68 Å². The lowest BCUT2D eigenvalue weighted by molar-refractivity contribution is 0.796. The van der Waals surface area contributed by atoms with Crippen LogP contribution in [0, 0.1) is 6.92 Å². The Morgan fingerprint density at radius 1 is 1.14 bits per heavy atom. The normalized spacial score (nSPS) is 10.8. The molecule has 3 rings (SSSR count). The molecule has 0 atom stereocenters. The molecule has 0 fully saturated rings. The van der Waals surface area contributed by atoms with E-state index in [1.165, 1.54) is 0 Å². The number of hydrogen-bond acceptors (Lipinski definition) is 3. The van der Waals surface area contributed by atoms with E-state index in [-0.39, 0.29) is 0 Å². The van der Waals surface area contributed by atoms with Crippen LogP contribution in [0.1, 0.15) is 11.3 Å². The quantitative estimate of drug-likeness (QED) is 0.806. The number of rotatable bonds is 3. The standard InChI is InChI=1S/C16H15ClN4/c1-11-7-8-13(17)9-15(11)21-16(14(10-18)19-20-21)12-5-3-2-4-6-12/h2-9H,10,18H2,1H3. The van der Waals surface area contributed by atoms with E-state index in [9.17, 15) is 0 Å². The van der Waals surface area contributed by atoms with Crippen LogP contribution in [0.25, 0.3) is 16.9 Å². The monoisotopic (exact) mass is 298 g/mol. The Hall–Kier alpha value is -2.17. The highest BCUT2D eigenvalue weighted by atomic mass is 35.5. The van der Waals surface area contributed by atoms with Crippen LogP contribution in [0.3, 0.4) is 0 Å². The molecular weight excluding hydrogens is 284 g/mol. The Kier molecular flexibility index (Phi) is 3.73. The van der Waals surface area contributed by atoms with Crippen molar-refractivity contribution in [2.45, 2.75) is 13.5 Å². The van der Waals surface area contributed by atoms with E-state index in [4.69, 9.17) is 17.3 Å². The fraction of sp³-hybridized carbons (Fsp3) is 0.125. The SMILES string of the molecule is Cc1ccc(Cl)cc1-n1nnc(CN)c1-c1ccccc1. The predicted octanol–water partition coefficient (Wildman–Crippen LogP) is 3.35. The zero-order valence-electron chi connectivity index (χ0n) is 11.6. The summed E-state index contributed by atoms with van der Waals surface area (Å²) >= 11 is 6.12. The lowest BCUT2D eigenvalue weighted by atomic mass is 10.1. The van der Waals surface area contributed by atoms with Crippen molar-refractivity contribution in [1.29, 1.82) is 0 Å². The molecule has 5 heteroatoms. The maximum Gasteiger partial charge on any atom is 0.105 e. The van der Waals surface area contributed by atoms with Crippen LogP contribution < -0.4 is 5.73 Å². The molecule has 4 nitrogen and oxygen atoms in total. The fourth-order valence-corrected chi connectivity index (χ4v) is 2.48. The van der Waals surface area contributed by atoms with Crippen LogP contribution in [-0.2, 0) is 6.54 Å². The van der Waals surface area contributed by atoms with Gasteiger partial charge in [0.15, 0.2) is 0 Å². The van der Waals surface area contributed by atoms with Gasteiger partial charge < -0.3 is 5.73 Å². The number of nitrogens with two attached hydrogens (primary N) is 1. The van der Waals surface area contributed by atoms with Crippen molar-refractivity contribution in [3.8, 4) is 16.9 Å². The maximum atomic E-state index is 6.12. The molecular formula is C16H15ClN4. The second kappa shape index (κ2) is 5.68. The highest BCUT2D eigenvalue weighted by molar-refractivity contribution is 6.30. The molecule has 0 unspecified atom stereocenters. The molecule has 1 heterocycles. The van der Waals surface area contributed by atoms with Crippen molar-refractivity contribution < 1.29 is 0 Å². The molecule has 0 aliphatic heterocycles. The second-order valence-corrected chi connectivity index (χ2v) is 5.23. The Balaban J connectivity index is 2.25. The zero-order chi connectivity index (χ0) is 14.8. The summed E-state index contributed by atoms with van der Waals surface area (Å²) < 4.78 is 1.80. The topological polar surface area (TPSA) is 56.7 Å². The van der Waals surface area contributed by atoms with Crippen LogP contribution in [0.5, 0.6) is 0 Å². The van der Waals surface area contributed by atoms with Gasteiger partial charge in [-0.3, -0.25) is 0 Å². The van der Waals surface area contributed by atoms with Crippen LogP contribution >= 0.6 is 11.6 Å². The van der Waals surface area contributed by atoms with Crippen LogP contribution in [0.2, 0.25) is 5.02 Å². The van der Waals surface area contributed by atoms with Gasteiger partial charge in [0, 0.05) is 17.1 Å². The lowest BCUT2D eigenvalue weighted by Gasteiger charge is -2.10. The molecule has 0 saturated heterocycles. The van der Waals surface area contributed by atoms with Crippen molar-refractivity contribution in [3.05, 3.63) is 64.8 Å². The molecule has 0 bridgehead atoms. The fourth-order valence-electron chi connectivity index (χ4n) is 2.31. The van der Waals surface area contributed by atoms with E-state index < -0.39 is 0 Å². The van der Waals surface area contributed by atoms with Gasteiger partial charge in [-0.1, -0.05) is 53.2 Å². The molecule has 0 saturated carbocycles. The third-order valence-corrected chi connectivity index (χ3v) is 3.62. The molecule has 2 aromatic carbocycles. The van der Waals surface area contributed by atoms with Gasteiger partial charge in [0.1, 0.15) is 5.69 Å². The van der Waals surface area contributed by atoms with Gasteiger partial charge in [0.05, 0.1) is 11.4 Å². The molecule has 1 aromatic heterocycles. The number of aromatic nitrogens is 3. The van der Waals surface area contributed by atoms with Crippen molar-refractivity contribution in [1.82, 2.24) is 15.0 Å². The molecule has 0 aliphatic carbocycles. The molecule has 0 amide bonds. The van der Waals surface area contributed by atoms with Crippen LogP contribution in [0.4, 0.5) is 0 Å². The van der Waals surface area contributed by atoms with Gasteiger partial charge in [-0.05, 0) is 24.6 Å². The van der Waals surface area contributed by atoms with Crippen molar-refractivity contribution >= 4 is 11.6 Å². The van der Waals surface area contributed by atoms with E-state index in [0.717, 1.165) is 28.2 Å². The Morgan fingerprint density at radius 2 is 1.90 bits per heavy atom. The highest BCUT2D eigenvalue weighted by Gasteiger charge is 2.16. The summed E-state index contributed by atoms with van der Waals surface area (Å²) in [6, 6.07) is 15.7. The average molecular weight is 299 g/mol. The van der Waals surface area contributed by atoms with Crippen molar-refractivity contribution in [3.63, 3.8) is 0 Å². The number of benzene rings is 2. The minimum Gasteiger partial charge on any atom is -0.325 e.